The Labute approximate surface area is 152 Å². The van der Waals surface area contributed by atoms with E-state index >= 15 is 0 Å². The number of hydrogen-bond donors (Lipinski definition) is 1. The quantitative estimate of drug-likeness (QED) is 0.773. The average molecular weight is 352 g/mol. The molecule has 6 nitrogen and oxygen atoms in total. The maximum absolute atomic E-state index is 11.8. The number of nitrogens with zero attached hydrogens (tertiary/aromatic N) is 1. The summed E-state index contributed by atoms with van der Waals surface area (Å²) >= 11 is 0. The van der Waals surface area contributed by atoms with Gasteiger partial charge in [0.1, 0.15) is 5.75 Å². The highest BCUT2D eigenvalue weighted by atomic mass is 16.6. The van der Waals surface area contributed by atoms with Gasteiger partial charge in [-0.2, -0.15) is 5.26 Å². The summed E-state index contributed by atoms with van der Waals surface area (Å²) in [5, 5.41) is 11.3. The van der Waals surface area contributed by atoms with E-state index in [1.807, 2.05) is 38.1 Å². The first kappa shape index (κ1) is 19.0. The molecule has 0 atom stereocenters. The van der Waals surface area contributed by atoms with Crippen LogP contribution in [0.3, 0.4) is 0 Å². The second kappa shape index (κ2) is 9.23. The number of benzene rings is 2. The largest absolute Gasteiger partial charge is 0.482 e. The molecule has 134 valence electrons. The molecule has 0 spiro atoms. The molecule has 0 aliphatic rings. The van der Waals surface area contributed by atoms with Crippen molar-refractivity contribution in [1.29, 1.82) is 5.26 Å². The molecule has 0 aliphatic heterocycles. The van der Waals surface area contributed by atoms with E-state index in [2.05, 4.69) is 5.32 Å². The molecule has 2 aromatic carbocycles. The minimum Gasteiger partial charge on any atom is -0.482 e. The fraction of sp³-hybridized carbons (Fsp3) is 0.250. The van der Waals surface area contributed by atoms with Gasteiger partial charge in [-0.25, -0.2) is 4.79 Å². The number of nitrogens with one attached hydrogen (secondary N) is 1. The molecular weight excluding hydrogens is 332 g/mol. The van der Waals surface area contributed by atoms with Crippen molar-refractivity contribution in [1.82, 2.24) is 0 Å². The molecule has 0 heterocycles. The monoisotopic (exact) mass is 352 g/mol. The first-order chi connectivity index (χ1) is 12.5. The van der Waals surface area contributed by atoms with E-state index in [0.29, 0.717) is 17.0 Å². The molecule has 0 aliphatic carbocycles. The van der Waals surface area contributed by atoms with Gasteiger partial charge in [0, 0.05) is 5.69 Å². The zero-order valence-electron chi connectivity index (χ0n) is 14.7. The van der Waals surface area contributed by atoms with Gasteiger partial charge in [0.25, 0.3) is 5.91 Å². The second-order valence-corrected chi connectivity index (χ2v) is 5.88. The first-order valence-electron chi connectivity index (χ1n) is 8.17. The van der Waals surface area contributed by atoms with Crippen LogP contribution in [0.2, 0.25) is 0 Å². The molecule has 1 N–H and O–H groups in total. The van der Waals surface area contributed by atoms with Gasteiger partial charge in [-0.05, 0) is 41.8 Å². The Balaban J connectivity index is 1.78. The third-order valence-electron chi connectivity index (χ3n) is 3.55. The second-order valence-electron chi connectivity index (χ2n) is 5.88. The SMILES string of the molecule is CC(C)c1ccccc1OCC(=O)OCC(=O)Nc1ccc(C#N)cc1. The number of ether oxygens (including phenoxy) is 2. The summed E-state index contributed by atoms with van der Waals surface area (Å²) in [6.07, 6.45) is 0. The summed E-state index contributed by atoms with van der Waals surface area (Å²) in [5.41, 5.74) is 2.01. The van der Waals surface area contributed by atoms with Crippen molar-refractivity contribution in [2.75, 3.05) is 18.5 Å². The number of hydrogen-bond acceptors (Lipinski definition) is 5. The van der Waals surface area contributed by atoms with E-state index in [4.69, 9.17) is 14.7 Å². The molecule has 2 aromatic rings. The lowest BCUT2D eigenvalue weighted by atomic mass is 10.0. The van der Waals surface area contributed by atoms with Crippen LogP contribution in [0.4, 0.5) is 5.69 Å². The van der Waals surface area contributed by atoms with Crippen molar-refractivity contribution in [2.45, 2.75) is 19.8 Å². The lowest BCUT2D eigenvalue weighted by molar-refractivity contribution is -0.149. The molecule has 0 bridgehead atoms. The van der Waals surface area contributed by atoms with Gasteiger partial charge in [0.15, 0.2) is 13.2 Å². The highest BCUT2D eigenvalue weighted by Crippen LogP contribution is 2.25. The number of rotatable bonds is 7. The van der Waals surface area contributed by atoms with Crippen LogP contribution in [-0.4, -0.2) is 25.1 Å². The molecule has 0 radical (unpaired) electrons. The van der Waals surface area contributed by atoms with Gasteiger partial charge in [-0.3, -0.25) is 4.79 Å². The van der Waals surface area contributed by atoms with E-state index < -0.39 is 18.5 Å². The average Bonchev–Trinajstić information content (AvgIpc) is 2.65. The highest BCUT2D eigenvalue weighted by Gasteiger charge is 2.11. The lowest BCUT2D eigenvalue weighted by Gasteiger charge is -2.13. The van der Waals surface area contributed by atoms with Gasteiger partial charge in [0.2, 0.25) is 0 Å². The Kier molecular flexibility index (Phi) is 6.75. The summed E-state index contributed by atoms with van der Waals surface area (Å²) in [4.78, 5) is 23.6. The Morgan fingerprint density at radius 3 is 2.42 bits per heavy atom. The predicted octanol–water partition coefficient (Wildman–Crippen LogP) is 3.24. The Bertz CT molecular complexity index is 807. The molecule has 0 unspecified atom stereocenters. The minimum absolute atomic E-state index is 0.264. The van der Waals surface area contributed by atoms with Crippen LogP contribution in [0.5, 0.6) is 5.75 Å². The molecule has 0 saturated heterocycles. The number of carbonyl (C=O) groups excluding carboxylic acids is 2. The topological polar surface area (TPSA) is 88.4 Å². The maximum Gasteiger partial charge on any atom is 0.344 e. The van der Waals surface area contributed by atoms with Crippen LogP contribution in [0.15, 0.2) is 48.5 Å². The van der Waals surface area contributed by atoms with Crippen LogP contribution in [0.25, 0.3) is 0 Å². The fourth-order valence-electron chi connectivity index (χ4n) is 2.24. The third kappa shape index (κ3) is 5.64. The Morgan fingerprint density at radius 2 is 1.77 bits per heavy atom. The number of carbonyl (C=O) groups is 2. The zero-order valence-corrected chi connectivity index (χ0v) is 14.7. The smallest absolute Gasteiger partial charge is 0.344 e. The summed E-state index contributed by atoms with van der Waals surface area (Å²) < 4.78 is 10.4. The van der Waals surface area contributed by atoms with E-state index in [0.717, 1.165) is 5.56 Å². The van der Waals surface area contributed by atoms with Crippen LogP contribution < -0.4 is 10.1 Å². The molecule has 0 saturated carbocycles. The Hall–Kier alpha value is -3.33. The highest BCUT2D eigenvalue weighted by molar-refractivity contribution is 5.92. The summed E-state index contributed by atoms with van der Waals surface area (Å²) in [5.74, 6) is -0.203. The van der Waals surface area contributed by atoms with Gasteiger partial charge >= 0.3 is 5.97 Å². The van der Waals surface area contributed by atoms with E-state index in [1.165, 1.54) is 0 Å². The molecule has 2 rings (SSSR count). The van der Waals surface area contributed by atoms with Crippen molar-refractivity contribution in [3.8, 4) is 11.8 Å². The number of nitriles is 1. The summed E-state index contributed by atoms with van der Waals surface area (Å²) in [6.45, 7) is 3.39. The standard InChI is InChI=1S/C20H20N2O4/c1-14(2)17-5-3-4-6-18(17)25-13-20(24)26-12-19(23)22-16-9-7-15(11-21)8-10-16/h3-10,14H,12-13H2,1-2H3,(H,22,23). The minimum atomic E-state index is -0.626. The summed E-state index contributed by atoms with van der Waals surface area (Å²) in [7, 11) is 0. The third-order valence-corrected chi connectivity index (χ3v) is 3.55. The first-order valence-corrected chi connectivity index (χ1v) is 8.17. The molecule has 0 fully saturated rings. The number of para-hydroxylation sites is 1. The van der Waals surface area contributed by atoms with Crippen LogP contribution in [0.1, 0.15) is 30.9 Å². The van der Waals surface area contributed by atoms with Gasteiger partial charge in [-0.15, -0.1) is 0 Å². The maximum atomic E-state index is 11.8. The van der Waals surface area contributed by atoms with E-state index in [-0.39, 0.29) is 12.5 Å². The van der Waals surface area contributed by atoms with Crippen molar-refractivity contribution < 1.29 is 19.1 Å². The van der Waals surface area contributed by atoms with Crippen molar-refractivity contribution in [3.63, 3.8) is 0 Å². The predicted molar refractivity (Wildman–Crippen MR) is 96.8 cm³/mol. The van der Waals surface area contributed by atoms with Crippen molar-refractivity contribution >= 4 is 17.6 Å². The normalized spacial score (nSPS) is 10.1. The molecular formula is C20H20N2O4. The van der Waals surface area contributed by atoms with Crippen LogP contribution >= 0.6 is 0 Å². The number of anilines is 1. The molecule has 1 amide bonds. The summed E-state index contributed by atoms with van der Waals surface area (Å²) in [6, 6.07) is 15.8. The molecule has 6 heteroatoms. The van der Waals surface area contributed by atoms with E-state index in [9.17, 15) is 9.59 Å². The van der Waals surface area contributed by atoms with Crippen LogP contribution in [-0.2, 0) is 14.3 Å². The fourth-order valence-corrected chi connectivity index (χ4v) is 2.24. The van der Waals surface area contributed by atoms with E-state index in [1.54, 1.807) is 30.3 Å². The van der Waals surface area contributed by atoms with Gasteiger partial charge < -0.3 is 14.8 Å². The van der Waals surface area contributed by atoms with Crippen molar-refractivity contribution in [2.24, 2.45) is 0 Å². The lowest BCUT2D eigenvalue weighted by Crippen LogP contribution is -2.23. The zero-order chi connectivity index (χ0) is 18.9. The number of amides is 1. The van der Waals surface area contributed by atoms with Crippen LogP contribution in [0, 0.1) is 11.3 Å². The van der Waals surface area contributed by atoms with Crippen molar-refractivity contribution in [3.05, 3.63) is 59.7 Å². The number of esters is 1. The van der Waals surface area contributed by atoms with Gasteiger partial charge in [-0.1, -0.05) is 32.0 Å². The Morgan fingerprint density at radius 1 is 1.08 bits per heavy atom. The van der Waals surface area contributed by atoms with Gasteiger partial charge in [0.05, 0.1) is 11.6 Å². The molecule has 26 heavy (non-hydrogen) atoms. The molecule has 0 aromatic heterocycles.